The summed E-state index contributed by atoms with van der Waals surface area (Å²) >= 11 is 6.81. The first-order chi connectivity index (χ1) is 18.4. The van der Waals surface area contributed by atoms with Crippen LogP contribution in [0.25, 0.3) is 0 Å². The van der Waals surface area contributed by atoms with Gasteiger partial charge in [-0.1, -0.05) is 31.0 Å². The van der Waals surface area contributed by atoms with Gasteiger partial charge in [0.1, 0.15) is 22.3 Å². The lowest BCUT2D eigenvalue weighted by Gasteiger charge is -2.36. The molecule has 2 aliphatic carbocycles. The van der Waals surface area contributed by atoms with Gasteiger partial charge in [-0.3, -0.25) is 14.6 Å². The lowest BCUT2D eigenvalue weighted by molar-refractivity contribution is -0.117. The van der Waals surface area contributed by atoms with Crippen LogP contribution in [0.4, 0.5) is 22.2 Å². The van der Waals surface area contributed by atoms with E-state index in [4.69, 9.17) is 26.1 Å². The van der Waals surface area contributed by atoms with E-state index in [-0.39, 0.29) is 36.5 Å². The molecule has 0 unspecified atom stereocenters. The smallest absolute Gasteiger partial charge is 0.330 e. The topological polar surface area (TPSA) is 109 Å². The normalized spacial score (nSPS) is 21.0. The number of fused-ring (bicyclic) bond motifs is 1. The number of methoxy groups -OCH3 is 2. The fourth-order valence-electron chi connectivity index (χ4n) is 5.40. The van der Waals surface area contributed by atoms with Crippen LogP contribution in [-0.2, 0) is 11.3 Å². The Kier molecular flexibility index (Phi) is 7.34. The van der Waals surface area contributed by atoms with Gasteiger partial charge in [0.2, 0.25) is 11.9 Å². The maximum absolute atomic E-state index is 13.7. The quantitative estimate of drug-likeness (QED) is 0.470. The predicted octanol–water partition coefficient (Wildman–Crippen LogP) is 4.63. The Morgan fingerprint density at radius 3 is 2.53 bits per heavy atom. The third-order valence-corrected chi connectivity index (χ3v) is 7.87. The van der Waals surface area contributed by atoms with Gasteiger partial charge in [0.05, 0.1) is 26.5 Å². The van der Waals surface area contributed by atoms with Crippen molar-refractivity contribution >= 4 is 41.0 Å². The molecule has 2 aromatic rings. The molecular weight excluding hydrogens is 508 g/mol. The molecule has 0 bridgehead atoms. The van der Waals surface area contributed by atoms with E-state index in [1.54, 1.807) is 38.4 Å². The van der Waals surface area contributed by atoms with Crippen molar-refractivity contribution in [2.24, 2.45) is 0 Å². The van der Waals surface area contributed by atoms with Gasteiger partial charge in [0.25, 0.3) is 0 Å². The van der Waals surface area contributed by atoms with E-state index in [2.05, 4.69) is 22.2 Å². The fraction of sp³-hybridized carbons (Fsp3) is 0.481. The molecule has 5 rings (SSSR count). The zero-order valence-corrected chi connectivity index (χ0v) is 22.7. The number of urea groups is 1. The van der Waals surface area contributed by atoms with E-state index in [9.17, 15) is 9.59 Å². The van der Waals surface area contributed by atoms with Crippen LogP contribution in [0.5, 0.6) is 11.5 Å². The van der Waals surface area contributed by atoms with Crippen LogP contribution in [0.1, 0.15) is 55.6 Å². The number of hydrogen-bond acceptors (Lipinski definition) is 7. The first-order valence-electron chi connectivity index (χ1n) is 12.9. The third-order valence-electron chi connectivity index (χ3n) is 7.50. The molecule has 38 heavy (non-hydrogen) atoms. The average Bonchev–Trinajstić information content (AvgIpc) is 3.77. The Morgan fingerprint density at radius 1 is 1.16 bits per heavy atom. The van der Waals surface area contributed by atoms with Gasteiger partial charge in [-0.15, -0.1) is 0 Å². The molecule has 2 N–H and O–H groups in total. The predicted molar refractivity (Wildman–Crippen MR) is 147 cm³/mol. The van der Waals surface area contributed by atoms with E-state index in [0.29, 0.717) is 34.0 Å². The number of amides is 3. The standard InChI is InChI=1S/C27H33ClN6O4/c1-5-21(35)30-17-8-6-7-9-18(17)31-26-29-13-16-14-34(27(36)33(2)25(16)32-26)24-22(15-10-11-15)19(37-3)12-20(38-4)23(24)28/h5,12-13,15,17-18H,1,6-11,14H2,2-4H3,(H,30,35)(H,29,31,32)/t17-,18+/m0/s1. The summed E-state index contributed by atoms with van der Waals surface area (Å²) in [6.45, 7) is 3.81. The number of nitrogens with one attached hydrogen (secondary N) is 2. The Morgan fingerprint density at radius 2 is 1.87 bits per heavy atom. The Bertz CT molecular complexity index is 1270. The van der Waals surface area contributed by atoms with Gasteiger partial charge in [0, 0.05) is 42.5 Å². The van der Waals surface area contributed by atoms with Crippen LogP contribution in [-0.4, -0.2) is 55.3 Å². The van der Waals surface area contributed by atoms with Crippen molar-refractivity contribution in [2.75, 3.05) is 36.4 Å². The van der Waals surface area contributed by atoms with Crippen molar-refractivity contribution in [1.29, 1.82) is 0 Å². The highest BCUT2D eigenvalue weighted by Crippen LogP contribution is 2.54. The molecule has 3 amide bonds. The van der Waals surface area contributed by atoms with Gasteiger partial charge in [-0.05, 0) is 37.7 Å². The first-order valence-corrected chi connectivity index (χ1v) is 13.3. The molecular formula is C27H33ClN6O4. The molecule has 1 aromatic heterocycles. The van der Waals surface area contributed by atoms with Crippen molar-refractivity contribution in [3.8, 4) is 11.5 Å². The number of benzene rings is 1. The Labute approximate surface area is 227 Å². The number of nitrogens with zero attached hydrogens (tertiary/aromatic N) is 4. The summed E-state index contributed by atoms with van der Waals surface area (Å²) in [5.74, 6) is 2.14. The zero-order chi connectivity index (χ0) is 27.0. The maximum Gasteiger partial charge on any atom is 0.330 e. The van der Waals surface area contributed by atoms with Crippen LogP contribution in [0.2, 0.25) is 5.02 Å². The number of carbonyl (C=O) groups excluding carboxylic acids is 2. The number of carbonyl (C=O) groups is 2. The second kappa shape index (κ2) is 10.7. The van der Waals surface area contributed by atoms with Gasteiger partial charge < -0.3 is 20.1 Å². The summed E-state index contributed by atoms with van der Waals surface area (Å²) in [4.78, 5) is 38.1. The SMILES string of the molecule is C=CC(=O)N[C@H]1CCCC[C@H]1Nc1ncc2c(n1)N(C)C(=O)N(c1c(Cl)c(OC)cc(OC)c1C1CC1)C2. The van der Waals surface area contributed by atoms with Crippen LogP contribution < -0.4 is 29.9 Å². The molecule has 2 saturated carbocycles. The van der Waals surface area contributed by atoms with Gasteiger partial charge in [-0.2, -0.15) is 4.98 Å². The monoisotopic (exact) mass is 540 g/mol. The van der Waals surface area contributed by atoms with Crippen molar-refractivity contribution in [3.63, 3.8) is 0 Å². The van der Waals surface area contributed by atoms with Gasteiger partial charge in [0.15, 0.2) is 0 Å². The van der Waals surface area contributed by atoms with E-state index >= 15 is 0 Å². The lowest BCUT2D eigenvalue weighted by Crippen LogP contribution is -2.48. The van der Waals surface area contributed by atoms with E-state index in [1.807, 2.05) is 0 Å². The Balaban J connectivity index is 1.45. The summed E-state index contributed by atoms with van der Waals surface area (Å²) < 4.78 is 11.2. The second-order valence-corrected chi connectivity index (χ2v) is 10.3. The van der Waals surface area contributed by atoms with E-state index in [1.165, 1.54) is 11.0 Å². The summed E-state index contributed by atoms with van der Waals surface area (Å²) in [5, 5.41) is 6.77. The number of hydrogen-bond donors (Lipinski definition) is 2. The molecule has 2 atom stereocenters. The van der Waals surface area contributed by atoms with Crippen molar-refractivity contribution in [2.45, 2.75) is 63.1 Å². The molecule has 11 heteroatoms. The van der Waals surface area contributed by atoms with Crippen LogP contribution in [0, 0.1) is 0 Å². The molecule has 1 aromatic carbocycles. The molecule has 1 aliphatic heterocycles. The minimum absolute atomic E-state index is 0.0176. The molecule has 3 aliphatic rings. The average molecular weight is 541 g/mol. The van der Waals surface area contributed by atoms with E-state index in [0.717, 1.165) is 49.7 Å². The highest BCUT2D eigenvalue weighted by molar-refractivity contribution is 6.36. The maximum atomic E-state index is 13.7. The number of anilines is 3. The van der Waals surface area contributed by atoms with Crippen LogP contribution >= 0.6 is 11.6 Å². The summed E-state index contributed by atoms with van der Waals surface area (Å²) in [6.07, 6.45) is 8.87. The highest BCUT2D eigenvalue weighted by Gasteiger charge is 2.39. The molecule has 2 fully saturated rings. The number of aromatic nitrogens is 2. The molecule has 2 heterocycles. The number of halogens is 1. The van der Waals surface area contributed by atoms with Crippen molar-refractivity contribution in [1.82, 2.24) is 15.3 Å². The fourth-order valence-corrected chi connectivity index (χ4v) is 5.73. The minimum Gasteiger partial charge on any atom is -0.496 e. The van der Waals surface area contributed by atoms with Crippen molar-refractivity contribution in [3.05, 3.63) is 41.1 Å². The van der Waals surface area contributed by atoms with Gasteiger partial charge in [-0.25, -0.2) is 9.78 Å². The molecule has 0 radical (unpaired) electrons. The molecule has 0 spiro atoms. The first kappa shape index (κ1) is 26.1. The molecule has 202 valence electrons. The largest absolute Gasteiger partial charge is 0.496 e. The molecule has 10 nitrogen and oxygen atoms in total. The second-order valence-electron chi connectivity index (χ2n) is 9.96. The van der Waals surface area contributed by atoms with E-state index < -0.39 is 0 Å². The Hall–Kier alpha value is -3.53. The highest BCUT2D eigenvalue weighted by atomic mass is 35.5. The lowest BCUT2D eigenvalue weighted by atomic mass is 9.90. The minimum atomic E-state index is -0.255. The summed E-state index contributed by atoms with van der Waals surface area (Å²) in [6, 6.07) is 1.46. The van der Waals surface area contributed by atoms with Crippen LogP contribution in [0.3, 0.4) is 0 Å². The number of ether oxygens (including phenoxy) is 2. The third kappa shape index (κ3) is 4.84. The summed E-state index contributed by atoms with van der Waals surface area (Å²) in [7, 11) is 4.85. The molecule has 0 saturated heterocycles. The zero-order valence-electron chi connectivity index (χ0n) is 21.9. The van der Waals surface area contributed by atoms with Gasteiger partial charge >= 0.3 is 6.03 Å². The van der Waals surface area contributed by atoms with Crippen molar-refractivity contribution < 1.29 is 19.1 Å². The van der Waals surface area contributed by atoms with Crippen LogP contribution in [0.15, 0.2) is 24.9 Å². The number of rotatable bonds is 8. The summed E-state index contributed by atoms with van der Waals surface area (Å²) in [5.41, 5.74) is 2.32.